The Kier molecular flexibility index (Phi) is 10.4. The minimum atomic E-state index is -0.717. The third-order valence-electron chi connectivity index (χ3n) is 8.16. The lowest BCUT2D eigenvalue weighted by Crippen LogP contribution is -2.66. The number of nitrogens with zero attached hydrogens (tertiary/aromatic N) is 3. The number of hydrogen-bond acceptors (Lipinski definition) is 5. The topological polar surface area (TPSA) is 51.1 Å². The second-order valence-electron chi connectivity index (χ2n) is 10.4. The van der Waals surface area contributed by atoms with E-state index in [4.69, 9.17) is 4.99 Å². The Morgan fingerprint density at radius 2 is 1.82 bits per heavy atom. The summed E-state index contributed by atoms with van der Waals surface area (Å²) >= 11 is 0. The molecule has 3 aliphatic rings. The van der Waals surface area contributed by atoms with E-state index >= 15 is 0 Å². The van der Waals surface area contributed by atoms with E-state index < -0.39 is 6.35 Å². The van der Waals surface area contributed by atoms with Crippen LogP contribution < -0.4 is 5.32 Å². The standard InChI is InChI=1S/C27H44N4O.C2H6/c1-4-12-24(5-2)31-26(32)29-25(28-23-15-10-7-11-16-23)27(31)17-18-30(21(3)19-27)20-22-13-8-6-9-14-22;1-2/h6,8-9,13-14,21,23-24,26,32H,4-5,7,10-12,15-20H2,1-3H3,(H,28,29);1-2H3. The summed E-state index contributed by atoms with van der Waals surface area (Å²) in [5, 5.41) is 15.1. The lowest BCUT2D eigenvalue weighted by molar-refractivity contribution is -0.0804. The predicted molar refractivity (Wildman–Crippen MR) is 144 cm³/mol. The molecule has 4 atom stereocenters. The normalized spacial score (nSPS) is 29.4. The Bertz CT molecular complexity index is 748. The first-order valence-corrected chi connectivity index (χ1v) is 14.2. The number of nitrogens with one attached hydrogen (secondary N) is 1. The predicted octanol–water partition coefficient (Wildman–Crippen LogP) is 5.93. The number of hydrogen-bond donors (Lipinski definition) is 2. The first-order valence-electron chi connectivity index (χ1n) is 14.2. The maximum Gasteiger partial charge on any atom is 0.207 e. The van der Waals surface area contributed by atoms with Crippen LogP contribution in [0.2, 0.25) is 0 Å². The third-order valence-corrected chi connectivity index (χ3v) is 8.16. The van der Waals surface area contributed by atoms with Crippen LogP contribution in [0.25, 0.3) is 0 Å². The highest BCUT2D eigenvalue weighted by atomic mass is 16.3. The average Bonchev–Trinajstić information content (AvgIpc) is 3.12. The van der Waals surface area contributed by atoms with Crippen LogP contribution in [0.15, 0.2) is 35.3 Å². The van der Waals surface area contributed by atoms with Crippen molar-refractivity contribution in [2.45, 2.75) is 135 Å². The molecule has 0 aromatic heterocycles. The molecule has 192 valence electrons. The smallest absolute Gasteiger partial charge is 0.207 e. The molecule has 0 amide bonds. The third kappa shape index (κ3) is 6.03. The fourth-order valence-corrected chi connectivity index (χ4v) is 6.44. The van der Waals surface area contributed by atoms with Crippen molar-refractivity contribution in [1.82, 2.24) is 15.1 Å². The molecule has 5 nitrogen and oxygen atoms in total. The largest absolute Gasteiger partial charge is 0.369 e. The zero-order valence-electron chi connectivity index (χ0n) is 22.5. The van der Waals surface area contributed by atoms with E-state index in [9.17, 15) is 5.11 Å². The fourth-order valence-electron chi connectivity index (χ4n) is 6.44. The van der Waals surface area contributed by atoms with Crippen LogP contribution in [0, 0.1) is 0 Å². The molecule has 1 saturated heterocycles. The number of benzene rings is 1. The SMILES string of the molecule is CC.CCCC(CC)N1C(O)N=C(NC2CCCCC2)C12CCN(Cc1ccccc1)C(C)C2. The van der Waals surface area contributed by atoms with Gasteiger partial charge in [-0.3, -0.25) is 4.90 Å². The second kappa shape index (κ2) is 13.0. The Balaban J connectivity index is 0.00000158. The molecule has 1 aliphatic carbocycles. The number of rotatable bonds is 7. The number of likely N-dealkylation sites (tertiary alicyclic amines) is 1. The van der Waals surface area contributed by atoms with Crippen LogP contribution in [-0.2, 0) is 6.54 Å². The second-order valence-corrected chi connectivity index (χ2v) is 10.4. The molecule has 2 N–H and O–H groups in total. The summed E-state index contributed by atoms with van der Waals surface area (Å²) in [4.78, 5) is 9.92. The van der Waals surface area contributed by atoms with Gasteiger partial charge < -0.3 is 10.4 Å². The van der Waals surface area contributed by atoms with Crippen molar-refractivity contribution in [3.8, 4) is 0 Å². The van der Waals surface area contributed by atoms with Gasteiger partial charge in [0.2, 0.25) is 6.35 Å². The van der Waals surface area contributed by atoms with Crippen LogP contribution in [0.1, 0.15) is 104 Å². The molecule has 2 aliphatic heterocycles. The van der Waals surface area contributed by atoms with Crippen molar-refractivity contribution in [1.29, 1.82) is 0 Å². The molecule has 1 saturated carbocycles. The summed E-state index contributed by atoms with van der Waals surface area (Å²) in [6.07, 6.45) is 11.1. The molecule has 5 heteroatoms. The minimum Gasteiger partial charge on any atom is -0.369 e. The van der Waals surface area contributed by atoms with Gasteiger partial charge in [0.25, 0.3) is 0 Å². The summed E-state index contributed by atoms with van der Waals surface area (Å²) in [6.45, 7) is 12.9. The average molecular weight is 471 g/mol. The van der Waals surface area contributed by atoms with Gasteiger partial charge in [-0.25, -0.2) is 9.89 Å². The van der Waals surface area contributed by atoms with Crippen molar-refractivity contribution in [3.05, 3.63) is 35.9 Å². The van der Waals surface area contributed by atoms with E-state index in [0.29, 0.717) is 18.1 Å². The van der Waals surface area contributed by atoms with Gasteiger partial charge in [-0.2, -0.15) is 0 Å². The molecule has 4 rings (SSSR count). The molecule has 2 fully saturated rings. The molecule has 2 heterocycles. The number of amidine groups is 1. The number of aliphatic hydroxyl groups excluding tert-OH is 1. The molecule has 34 heavy (non-hydrogen) atoms. The van der Waals surface area contributed by atoms with Crippen molar-refractivity contribution in [2.24, 2.45) is 4.99 Å². The maximum atomic E-state index is 11.2. The van der Waals surface area contributed by atoms with Gasteiger partial charge >= 0.3 is 0 Å². The Hall–Kier alpha value is -1.43. The van der Waals surface area contributed by atoms with Crippen LogP contribution in [0.4, 0.5) is 0 Å². The first kappa shape index (κ1) is 27.2. The fraction of sp³-hybridized carbons (Fsp3) is 0.759. The molecule has 1 aromatic rings. The van der Waals surface area contributed by atoms with E-state index in [1.807, 2.05) is 13.8 Å². The summed E-state index contributed by atoms with van der Waals surface area (Å²) < 4.78 is 0. The van der Waals surface area contributed by atoms with Gasteiger partial charge in [-0.1, -0.05) is 83.7 Å². The highest BCUT2D eigenvalue weighted by molar-refractivity contribution is 5.93. The van der Waals surface area contributed by atoms with Crippen molar-refractivity contribution >= 4 is 5.84 Å². The molecule has 1 aromatic carbocycles. The monoisotopic (exact) mass is 470 g/mol. The number of piperidine rings is 1. The van der Waals surface area contributed by atoms with Crippen molar-refractivity contribution in [2.75, 3.05) is 6.54 Å². The van der Waals surface area contributed by atoms with Crippen LogP contribution >= 0.6 is 0 Å². The molecular weight excluding hydrogens is 420 g/mol. The van der Waals surface area contributed by atoms with Gasteiger partial charge in [0.1, 0.15) is 5.84 Å². The van der Waals surface area contributed by atoms with Gasteiger partial charge in [0.15, 0.2) is 0 Å². The zero-order valence-corrected chi connectivity index (χ0v) is 22.5. The summed E-state index contributed by atoms with van der Waals surface area (Å²) in [7, 11) is 0. The van der Waals surface area contributed by atoms with E-state index in [1.165, 1.54) is 37.7 Å². The van der Waals surface area contributed by atoms with Gasteiger partial charge in [0.05, 0.1) is 5.54 Å². The highest BCUT2D eigenvalue weighted by Gasteiger charge is 2.54. The molecular formula is C29H50N4O. The summed E-state index contributed by atoms with van der Waals surface area (Å²) in [5.74, 6) is 1.08. The van der Waals surface area contributed by atoms with Gasteiger partial charge in [-0.05, 0) is 51.0 Å². The van der Waals surface area contributed by atoms with Crippen molar-refractivity contribution in [3.63, 3.8) is 0 Å². The Morgan fingerprint density at radius 3 is 2.44 bits per heavy atom. The van der Waals surface area contributed by atoms with E-state index in [1.54, 1.807) is 0 Å². The highest BCUT2D eigenvalue weighted by Crippen LogP contribution is 2.42. The van der Waals surface area contributed by atoms with E-state index in [0.717, 1.165) is 51.0 Å². The lowest BCUT2D eigenvalue weighted by atomic mass is 9.79. The quantitative estimate of drug-likeness (QED) is 0.519. The van der Waals surface area contributed by atoms with Gasteiger partial charge in [-0.15, -0.1) is 0 Å². The number of aliphatic hydroxyl groups is 1. The van der Waals surface area contributed by atoms with Crippen LogP contribution in [-0.4, -0.2) is 57.3 Å². The summed E-state index contributed by atoms with van der Waals surface area (Å²) in [6, 6.07) is 12.1. The van der Waals surface area contributed by atoms with Gasteiger partial charge in [0, 0.05) is 31.2 Å². The van der Waals surface area contributed by atoms with E-state index in [-0.39, 0.29) is 5.54 Å². The molecule has 0 radical (unpaired) electrons. The summed E-state index contributed by atoms with van der Waals surface area (Å²) in [5.41, 5.74) is 1.21. The lowest BCUT2D eigenvalue weighted by Gasteiger charge is -2.51. The first-order chi connectivity index (χ1) is 16.6. The minimum absolute atomic E-state index is 0.167. The molecule has 4 unspecified atom stereocenters. The molecule has 1 spiro atoms. The number of aliphatic imine (C=N–C) groups is 1. The zero-order chi connectivity index (χ0) is 24.6. The molecule has 0 bridgehead atoms. The van der Waals surface area contributed by atoms with Crippen LogP contribution in [0.5, 0.6) is 0 Å². The maximum absolute atomic E-state index is 11.2. The van der Waals surface area contributed by atoms with E-state index in [2.05, 4.69) is 66.2 Å². The Morgan fingerprint density at radius 1 is 1.12 bits per heavy atom. The Labute approximate surface area is 209 Å². The van der Waals surface area contributed by atoms with Crippen molar-refractivity contribution < 1.29 is 5.11 Å². The van der Waals surface area contributed by atoms with Crippen LogP contribution in [0.3, 0.4) is 0 Å².